The highest BCUT2D eigenvalue weighted by Gasteiger charge is 2.53. The highest BCUT2D eigenvalue weighted by molar-refractivity contribution is 14.1. The summed E-state index contributed by atoms with van der Waals surface area (Å²) < 4.78 is 10.4. The molecular weight excluding hydrogens is 535 g/mol. The first-order valence-corrected chi connectivity index (χ1v) is 12.4. The van der Waals surface area contributed by atoms with Gasteiger partial charge in [0.2, 0.25) is 5.91 Å². The zero-order chi connectivity index (χ0) is 23.1. The Balaban J connectivity index is 1.28. The minimum Gasteiger partial charge on any atom is -0.467 e. The Bertz CT molecular complexity index is 1060. The maximum Gasteiger partial charge on any atom is 0.407 e. The van der Waals surface area contributed by atoms with Crippen molar-refractivity contribution in [1.29, 1.82) is 0 Å². The van der Waals surface area contributed by atoms with Gasteiger partial charge in [0, 0.05) is 12.0 Å². The molecule has 0 saturated carbocycles. The van der Waals surface area contributed by atoms with Gasteiger partial charge >= 0.3 is 12.1 Å². The number of alkyl halides is 1. The number of benzene rings is 2. The van der Waals surface area contributed by atoms with Crippen LogP contribution in [0, 0.1) is 0 Å². The lowest BCUT2D eigenvalue weighted by Crippen LogP contribution is -2.51. The summed E-state index contributed by atoms with van der Waals surface area (Å²) in [5.74, 6) is -0.700. The Labute approximate surface area is 205 Å². The normalized spacial score (nSPS) is 25.8. The smallest absolute Gasteiger partial charge is 0.407 e. The maximum atomic E-state index is 13.1. The Morgan fingerprint density at radius 3 is 2.33 bits per heavy atom. The summed E-state index contributed by atoms with van der Waals surface area (Å²) >= 11 is 2.20. The van der Waals surface area contributed by atoms with Gasteiger partial charge in [0.1, 0.15) is 18.7 Å². The predicted octanol–water partition coefficient (Wildman–Crippen LogP) is 3.63. The second-order valence-electron chi connectivity index (χ2n) is 8.67. The van der Waals surface area contributed by atoms with Crippen LogP contribution < -0.4 is 5.32 Å². The number of nitrogens with zero attached hydrogens (tertiary/aromatic N) is 1. The lowest BCUT2D eigenvalue weighted by atomic mass is 9.96. The fourth-order valence-corrected chi connectivity index (χ4v) is 6.65. The summed E-state index contributed by atoms with van der Waals surface area (Å²) in [6, 6.07) is 14.9. The molecule has 7 nitrogen and oxygen atoms in total. The molecule has 5 rings (SSSR count). The standard InChI is InChI=1S/C25H25IN2O5/c1-32-24(30)20-12-6-11-19-21(26)22(23(29)28(19)20)27-25(31)33-13-18-16-9-4-2-7-14(16)15-8-3-5-10-17(15)18/h2-5,7-10,18-22H,6,11-13H2,1H3,(H,27,31)/t19-,20-,21+,22-/m0/s1. The number of amides is 2. The molecule has 3 aliphatic rings. The molecule has 0 unspecified atom stereocenters. The van der Waals surface area contributed by atoms with E-state index in [4.69, 9.17) is 9.47 Å². The van der Waals surface area contributed by atoms with Crippen molar-refractivity contribution in [3.63, 3.8) is 0 Å². The van der Waals surface area contributed by atoms with Gasteiger partial charge in [0.15, 0.2) is 0 Å². The summed E-state index contributed by atoms with van der Waals surface area (Å²) in [6.45, 7) is 0.185. The maximum absolute atomic E-state index is 13.1. The number of fused-ring (bicyclic) bond motifs is 4. The Hall–Kier alpha value is -2.62. The van der Waals surface area contributed by atoms with Gasteiger partial charge < -0.3 is 19.7 Å². The monoisotopic (exact) mass is 560 g/mol. The van der Waals surface area contributed by atoms with Crippen molar-refractivity contribution >= 4 is 40.6 Å². The van der Waals surface area contributed by atoms with Crippen molar-refractivity contribution in [2.24, 2.45) is 0 Å². The van der Waals surface area contributed by atoms with E-state index in [-0.39, 0.29) is 28.4 Å². The van der Waals surface area contributed by atoms with Gasteiger partial charge in [0.05, 0.1) is 11.0 Å². The molecule has 8 heteroatoms. The van der Waals surface area contributed by atoms with Gasteiger partial charge in [0.25, 0.3) is 0 Å². The fourth-order valence-electron chi connectivity index (χ4n) is 5.45. The second-order valence-corrected chi connectivity index (χ2v) is 10.1. The number of ether oxygens (including phenoxy) is 2. The van der Waals surface area contributed by atoms with Crippen molar-refractivity contribution < 1.29 is 23.9 Å². The topological polar surface area (TPSA) is 84.9 Å². The molecule has 1 aliphatic carbocycles. The van der Waals surface area contributed by atoms with Gasteiger partial charge in [-0.25, -0.2) is 9.59 Å². The number of methoxy groups -OCH3 is 1. The largest absolute Gasteiger partial charge is 0.467 e. The van der Waals surface area contributed by atoms with E-state index in [1.165, 1.54) is 7.11 Å². The van der Waals surface area contributed by atoms with Crippen molar-refractivity contribution in [3.05, 3.63) is 59.7 Å². The van der Waals surface area contributed by atoms with E-state index in [1.54, 1.807) is 4.90 Å². The van der Waals surface area contributed by atoms with E-state index in [2.05, 4.69) is 52.2 Å². The molecule has 4 atom stereocenters. The van der Waals surface area contributed by atoms with Crippen LogP contribution in [0.1, 0.15) is 36.3 Å². The molecule has 2 aromatic rings. The predicted molar refractivity (Wildman–Crippen MR) is 130 cm³/mol. The summed E-state index contributed by atoms with van der Waals surface area (Å²) in [4.78, 5) is 39.7. The van der Waals surface area contributed by atoms with Crippen molar-refractivity contribution in [3.8, 4) is 11.1 Å². The second kappa shape index (κ2) is 8.96. The molecule has 2 saturated heterocycles. The first-order chi connectivity index (χ1) is 16.0. The van der Waals surface area contributed by atoms with Crippen LogP contribution in [0.2, 0.25) is 0 Å². The van der Waals surface area contributed by atoms with Crippen LogP contribution in [-0.2, 0) is 19.1 Å². The fraction of sp³-hybridized carbons (Fsp3) is 0.400. The quantitative estimate of drug-likeness (QED) is 0.351. The zero-order valence-electron chi connectivity index (χ0n) is 18.2. The highest BCUT2D eigenvalue weighted by Crippen LogP contribution is 2.44. The number of piperidine rings is 1. The third kappa shape index (κ3) is 3.78. The molecule has 33 heavy (non-hydrogen) atoms. The van der Waals surface area contributed by atoms with E-state index in [0.717, 1.165) is 35.1 Å². The van der Waals surface area contributed by atoms with Gasteiger partial charge in [-0.3, -0.25) is 4.79 Å². The number of rotatable bonds is 4. The first-order valence-electron chi connectivity index (χ1n) is 11.2. The third-order valence-electron chi connectivity index (χ3n) is 6.97. The van der Waals surface area contributed by atoms with E-state index in [1.807, 2.05) is 24.3 Å². The SMILES string of the molecule is COC(=O)[C@@H]1CCC[C@H]2[C@@H](I)[C@H](NC(=O)OCC3c4ccccc4-c4ccccc43)C(=O)N12. The van der Waals surface area contributed by atoms with E-state index < -0.39 is 24.1 Å². The Morgan fingerprint density at radius 1 is 1.06 bits per heavy atom. The molecule has 0 radical (unpaired) electrons. The van der Waals surface area contributed by atoms with Crippen LogP contribution in [0.3, 0.4) is 0 Å². The number of esters is 1. The molecule has 2 heterocycles. The van der Waals surface area contributed by atoms with Crippen LogP contribution in [0.5, 0.6) is 0 Å². The Morgan fingerprint density at radius 2 is 1.70 bits per heavy atom. The van der Waals surface area contributed by atoms with Gasteiger partial charge in [-0.05, 0) is 41.5 Å². The molecule has 2 aromatic carbocycles. The minimum atomic E-state index is -0.725. The molecule has 0 bridgehead atoms. The van der Waals surface area contributed by atoms with Gasteiger partial charge in [-0.2, -0.15) is 0 Å². The van der Waals surface area contributed by atoms with E-state index in [9.17, 15) is 14.4 Å². The highest BCUT2D eigenvalue weighted by atomic mass is 127. The molecule has 0 spiro atoms. The first kappa shape index (κ1) is 22.2. The number of hydrogen-bond acceptors (Lipinski definition) is 5. The molecule has 2 fully saturated rings. The number of alkyl carbamates (subject to hydrolysis) is 1. The minimum absolute atomic E-state index is 0.0483. The van der Waals surface area contributed by atoms with Crippen LogP contribution in [-0.4, -0.2) is 58.6 Å². The number of nitrogens with one attached hydrogen (secondary N) is 1. The zero-order valence-corrected chi connectivity index (χ0v) is 20.4. The Kier molecular flexibility index (Phi) is 6.03. The average Bonchev–Trinajstić information content (AvgIpc) is 3.29. The van der Waals surface area contributed by atoms with Crippen LogP contribution in [0.15, 0.2) is 48.5 Å². The average molecular weight is 560 g/mol. The van der Waals surface area contributed by atoms with Crippen LogP contribution in [0.25, 0.3) is 11.1 Å². The van der Waals surface area contributed by atoms with Crippen molar-refractivity contribution in [2.45, 2.75) is 47.2 Å². The third-order valence-corrected chi connectivity index (χ3v) is 8.52. The molecule has 1 N–H and O–H groups in total. The molecule has 2 aliphatic heterocycles. The summed E-state index contributed by atoms with van der Waals surface area (Å²) in [5.41, 5.74) is 4.58. The number of carbonyl (C=O) groups excluding carboxylic acids is 3. The van der Waals surface area contributed by atoms with E-state index >= 15 is 0 Å². The lowest BCUT2D eigenvalue weighted by molar-refractivity contribution is -0.154. The molecule has 0 aromatic heterocycles. The number of hydrogen-bond donors (Lipinski definition) is 1. The van der Waals surface area contributed by atoms with Gasteiger partial charge in [-0.1, -0.05) is 71.1 Å². The molecule has 2 amide bonds. The lowest BCUT2D eigenvalue weighted by Gasteiger charge is -2.36. The molecular formula is C25H25IN2O5. The van der Waals surface area contributed by atoms with Crippen molar-refractivity contribution in [2.75, 3.05) is 13.7 Å². The molecule has 172 valence electrons. The van der Waals surface area contributed by atoms with E-state index in [0.29, 0.717) is 6.42 Å². The van der Waals surface area contributed by atoms with Crippen LogP contribution in [0.4, 0.5) is 4.79 Å². The summed E-state index contributed by atoms with van der Waals surface area (Å²) in [5, 5.41) is 2.77. The van der Waals surface area contributed by atoms with Crippen LogP contribution >= 0.6 is 22.6 Å². The summed E-state index contributed by atoms with van der Waals surface area (Å²) in [6.07, 6.45) is 1.60. The van der Waals surface area contributed by atoms with Crippen molar-refractivity contribution in [1.82, 2.24) is 10.2 Å². The summed E-state index contributed by atoms with van der Waals surface area (Å²) in [7, 11) is 1.33. The van der Waals surface area contributed by atoms with Gasteiger partial charge in [-0.15, -0.1) is 0 Å². The number of carbonyl (C=O) groups is 3. The number of halogens is 1.